The van der Waals surface area contributed by atoms with Crippen LogP contribution in [-0.2, 0) is 21.0 Å². The predicted octanol–water partition coefficient (Wildman–Crippen LogP) is 6.42. The molecule has 12 heteroatoms. The quantitative estimate of drug-likeness (QED) is 0.0877. The Morgan fingerprint density at radius 2 is 1.00 bits per heavy atom. The molecule has 0 aliphatic heterocycles. The van der Waals surface area contributed by atoms with E-state index in [1.807, 2.05) is 24.3 Å². The van der Waals surface area contributed by atoms with E-state index in [2.05, 4.69) is 26.8 Å². The van der Waals surface area contributed by atoms with Gasteiger partial charge in [-0.15, -0.1) is 0 Å². The second kappa shape index (κ2) is 19.4. The Bertz CT molecular complexity index is 1030. The summed E-state index contributed by atoms with van der Waals surface area (Å²) in [6.45, 7) is 6.44. The third kappa shape index (κ3) is 19.4. The van der Waals surface area contributed by atoms with Gasteiger partial charge < -0.3 is 39.6 Å². The van der Waals surface area contributed by atoms with E-state index in [1.54, 1.807) is 12.1 Å². The van der Waals surface area contributed by atoms with Crippen LogP contribution in [0.15, 0.2) is 42.5 Å². The van der Waals surface area contributed by atoms with Gasteiger partial charge in [0.05, 0.1) is 0 Å². The van der Waals surface area contributed by atoms with Gasteiger partial charge in [0.2, 0.25) is 0 Å². The number of aromatic hydroxyl groups is 2. The van der Waals surface area contributed by atoms with Crippen molar-refractivity contribution in [2.75, 3.05) is 0 Å². The third-order valence-corrected chi connectivity index (χ3v) is 6.38. The molecule has 230 valence electrons. The van der Waals surface area contributed by atoms with Gasteiger partial charge in [-0.25, -0.2) is 9.13 Å². The molecule has 8 N–H and O–H groups in total. The molecule has 0 atom stereocenters. The number of phosphoric acid groups is 2. The van der Waals surface area contributed by atoms with Gasteiger partial charge >= 0.3 is 15.6 Å². The molecule has 0 radical (unpaired) electrons. The average molecular weight is 607 g/mol. The van der Waals surface area contributed by atoms with Crippen molar-refractivity contribution < 1.29 is 48.7 Å². The highest BCUT2D eigenvalue weighted by atomic mass is 31.2. The van der Waals surface area contributed by atoms with E-state index in [9.17, 15) is 10.2 Å². The molecule has 0 bridgehead atoms. The zero-order chi connectivity index (χ0) is 30.8. The molecule has 0 unspecified atom stereocenters. The van der Waals surface area contributed by atoms with Gasteiger partial charge in [0.1, 0.15) is 11.5 Å². The van der Waals surface area contributed by atoms with Crippen LogP contribution in [0.4, 0.5) is 0 Å². The second-order valence-corrected chi connectivity index (χ2v) is 12.3. The van der Waals surface area contributed by atoms with Crippen molar-refractivity contribution in [3.8, 4) is 11.5 Å². The lowest BCUT2D eigenvalue weighted by Gasteiger charge is -2.30. The molecule has 0 aliphatic carbocycles. The fourth-order valence-electron chi connectivity index (χ4n) is 4.63. The van der Waals surface area contributed by atoms with Gasteiger partial charge in [0.15, 0.2) is 0 Å². The van der Waals surface area contributed by atoms with Crippen LogP contribution in [0.2, 0.25) is 0 Å². The van der Waals surface area contributed by atoms with E-state index < -0.39 is 21.1 Å². The van der Waals surface area contributed by atoms with Crippen LogP contribution in [0.5, 0.6) is 11.5 Å². The predicted molar refractivity (Wildman–Crippen MR) is 157 cm³/mol. The summed E-state index contributed by atoms with van der Waals surface area (Å²) in [5.74, 6) is 0.607. The Morgan fingerprint density at radius 3 is 1.45 bits per heavy atom. The van der Waals surface area contributed by atoms with Gasteiger partial charge in [0, 0.05) is 16.5 Å². The maximum absolute atomic E-state index is 10.7. The average Bonchev–Trinajstić information content (AvgIpc) is 2.80. The highest BCUT2D eigenvalue weighted by Gasteiger charge is 2.30. The maximum atomic E-state index is 10.7. The molecule has 40 heavy (non-hydrogen) atoms. The van der Waals surface area contributed by atoms with Crippen molar-refractivity contribution in [1.29, 1.82) is 0 Å². The minimum atomic E-state index is -4.64. The first-order valence-electron chi connectivity index (χ1n) is 13.6. The smallest absolute Gasteiger partial charge is 0.466 e. The van der Waals surface area contributed by atoms with Gasteiger partial charge in [-0.1, -0.05) is 115 Å². The molecule has 0 saturated carbocycles. The molecule has 0 fully saturated rings. The molecule has 2 rings (SSSR count). The number of benzene rings is 2. The Hall–Kier alpha value is -1.74. The normalized spacial score (nSPS) is 11.7. The van der Waals surface area contributed by atoms with E-state index in [0.717, 1.165) is 24.0 Å². The second-order valence-electron chi connectivity index (χ2n) is 10.3. The summed E-state index contributed by atoms with van der Waals surface area (Å²) in [4.78, 5) is 43.1. The third-order valence-electron chi connectivity index (χ3n) is 6.38. The summed E-state index contributed by atoms with van der Waals surface area (Å²) in [7, 11) is -9.28. The number of phenolic OH excluding ortho intramolecular Hbond substituents is 2. The summed E-state index contributed by atoms with van der Waals surface area (Å²) in [6.07, 6.45) is 15.6. The number of unbranched alkanes of at least 4 members (excludes halogenated alkanes) is 10. The van der Waals surface area contributed by atoms with Crippen molar-refractivity contribution in [2.24, 2.45) is 0 Å². The lowest BCUT2D eigenvalue weighted by atomic mass is 9.74. The first-order chi connectivity index (χ1) is 18.5. The molecular formula is C28H48O10P2. The highest BCUT2D eigenvalue weighted by molar-refractivity contribution is 7.45. The largest absolute Gasteiger partial charge is 0.508 e. The first kappa shape index (κ1) is 38.3. The first-order valence-corrected chi connectivity index (χ1v) is 16.8. The van der Waals surface area contributed by atoms with Crippen LogP contribution in [-0.4, -0.2) is 39.6 Å². The van der Waals surface area contributed by atoms with Crippen LogP contribution in [0.25, 0.3) is 0 Å². The van der Waals surface area contributed by atoms with Gasteiger partial charge in [0.25, 0.3) is 0 Å². The fraction of sp³-hybridized carbons (Fsp3) is 0.571. The van der Waals surface area contributed by atoms with E-state index in [0.29, 0.717) is 5.75 Å². The molecular weight excluding hydrogens is 558 g/mol. The van der Waals surface area contributed by atoms with Crippen LogP contribution in [0, 0.1) is 0 Å². The molecule has 0 saturated heterocycles. The lowest BCUT2D eigenvalue weighted by molar-refractivity contribution is 0.272. The summed E-state index contributed by atoms with van der Waals surface area (Å²) in [5.41, 5.74) is 2.54. The topological polar surface area (TPSA) is 196 Å². The maximum Gasteiger partial charge on any atom is 0.466 e. The molecule has 0 spiro atoms. The van der Waals surface area contributed by atoms with E-state index in [-0.39, 0.29) is 5.75 Å². The van der Waals surface area contributed by atoms with Crippen molar-refractivity contribution in [1.82, 2.24) is 0 Å². The zero-order valence-corrected chi connectivity index (χ0v) is 25.6. The molecule has 0 aromatic heterocycles. The van der Waals surface area contributed by atoms with Crippen molar-refractivity contribution in [2.45, 2.75) is 103 Å². The Kier molecular flexibility index (Phi) is 18.5. The molecule has 0 heterocycles. The number of aryl methyl sites for hydroxylation is 1. The fourth-order valence-corrected chi connectivity index (χ4v) is 4.63. The minimum Gasteiger partial charge on any atom is -0.508 e. The van der Waals surface area contributed by atoms with E-state index in [1.165, 1.54) is 69.8 Å². The van der Waals surface area contributed by atoms with Crippen molar-refractivity contribution in [3.05, 3.63) is 59.2 Å². The Labute approximate surface area is 238 Å². The Balaban J connectivity index is 0.00000130. The van der Waals surface area contributed by atoms with Crippen LogP contribution in [0.3, 0.4) is 0 Å². The van der Waals surface area contributed by atoms with Crippen molar-refractivity contribution >= 4 is 15.6 Å². The standard InChI is InChI=1S/C28H42O2.2H3O4P/c1-4-5-6-7-8-9-10-11-12-13-14-18-23-19-17-22-26(30)27(23)28(2,3)24-20-15-16-21-25(24)29;2*1-5(2,3)4/h15-17,19-22,29-30H,4-14,18H2,1-3H3;2*(H3,1,2,3,4). The minimum absolute atomic E-state index is 0.284. The number of phenols is 2. The summed E-state index contributed by atoms with van der Waals surface area (Å²) >= 11 is 0. The van der Waals surface area contributed by atoms with E-state index >= 15 is 0 Å². The van der Waals surface area contributed by atoms with Gasteiger partial charge in [-0.3, -0.25) is 0 Å². The SMILES string of the molecule is CCCCCCCCCCCCCc1cccc(O)c1C(C)(C)c1ccccc1O.O=P(O)(O)O.O=P(O)(O)O. The molecule has 2 aromatic rings. The van der Waals surface area contributed by atoms with Crippen molar-refractivity contribution in [3.63, 3.8) is 0 Å². The number of para-hydroxylation sites is 1. The number of rotatable bonds is 14. The van der Waals surface area contributed by atoms with Crippen LogP contribution in [0.1, 0.15) is 108 Å². The lowest BCUT2D eigenvalue weighted by Crippen LogP contribution is -2.21. The zero-order valence-electron chi connectivity index (χ0n) is 23.8. The molecule has 0 aliphatic rings. The molecule has 0 amide bonds. The summed E-state index contributed by atoms with van der Waals surface area (Å²) < 4.78 is 17.8. The summed E-state index contributed by atoms with van der Waals surface area (Å²) in [6, 6.07) is 13.3. The highest BCUT2D eigenvalue weighted by Crippen LogP contribution is 2.42. The van der Waals surface area contributed by atoms with Gasteiger partial charge in [-0.05, 0) is 30.5 Å². The van der Waals surface area contributed by atoms with Crippen LogP contribution >= 0.6 is 15.6 Å². The number of hydrogen-bond donors (Lipinski definition) is 8. The monoisotopic (exact) mass is 606 g/mol. The molecule has 10 nitrogen and oxygen atoms in total. The number of hydrogen-bond acceptors (Lipinski definition) is 4. The molecule has 2 aromatic carbocycles. The summed E-state index contributed by atoms with van der Waals surface area (Å²) in [5, 5.41) is 21.1. The van der Waals surface area contributed by atoms with Crippen LogP contribution < -0.4 is 0 Å². The Morgan fingerprint density at radius 1 is 0.600 bits per heavy atom. The van der Waals surface area contributed by atoms with E-state index in [4.69, 9.17) is 38.5 Å². The van der Waals surface area contributed by atoms with Gasteiger partial charge in [-0.2, -0.15) is 0 Å².